The molecule has 4 nitrogen and oxygen atoms in total. The lowest BCUT2D eigenvalue weighted by Crippen LogP contribution is -2.36. The van der Waals surface area contributed by atoms with Gasteiger partial charge in [0.05, 0.1) is 12.7 Å². The highest BCUT2D eigenvalue weighted by molar-refractivity contribution is 4.74. The summed E-state index contributed by atoms with van der Waals surface area (Å²) in [5.41, 5.74) is 5.63. The summed E-state index contributed by atoms with van der Waals surface area (Å²) < 4.78 is 10.9. The lowest BCUT2D eigenvalue weighted by molar-refractivity contribution is 0.0520. The van der Waals surface area contributed by atoms with Gasteiger partial charge in [-0.1, -0.05) is 0 Å². The SMILES string of the molecule is CCOC(CN)CCN(C)C1CCOC1. The van der Waals surface area contributed by atoms with Crippen LogP contribution in [0.25, 0.3) is 0 Å². The molecule has 1 fully saturated rings. The Kier molecular flexibility index (Phi) is 6.17. The van der Waals surface area contributed by atoms with Gasteiger partial charge in [-0.25, -0.2) is 0 Å². The van der Waals surface area contributed by atoms with Crippen LogP contribution in [0.4, 0.5) is 0 Å². The third-order valence-corrected chi connectivity index (χ3v) is 3.00. The van der Waals surface area contributed by atoms with Crippen molar-refractivity contribution >= 4 is 0 Å². The van der Waals surface area contributed by atoms with E-state index in [1.54, 1.807) is 0 Å². The number of rotatable bonds is 7. The highest BCUT2D eigenvalue weighted by Gasteiger charge is 2.20. The van der Waals surface area contributed by atoms with Crippen molar-refractivity contribution in [3.05, 3.63) is 0 Å². The average Bonchev–Trinajstić information content (AvgIpc) is 2.77. The molecule has 1 saturated heterocycles. The molecule has 2 atom stereocenters. The summed E-state index contributed by atoms with van der Waals surface area (Å²) in [5, 5.41) is 0. The smallest absolute Gasteiger partial charge is 0.0709 e. The van der Waals surface area contributed by atoms with Gasteiger partial charge in [-0.3, -0.25) is 0 Å². The summed E-state index contributed by atoms with van der Waals surface area (Å²) in [7, 11) is 2.15. The lowest BCUT2D eigenvalue weighted by atomic mass is 10.2. The molecule has 0 bridgehead atoms. The molecule has 15 heavy (non-hydrogen) atoms. The van der Waals surface area contributed by atoms with Crippen LogP contribution in [0.1, 0.15) is 19.8 Å². The monoisotopic (exact) mass is 216 g/mol. The molecule has 0 aromatic carbocycles. The molecule has 2 N–H and O–H groups in total. The maximum atomic E-state index is 5.63. The molecule has 4 heteroatoms. The van der Waals surface area contributed by atoms with E-state index < -0.39 is 0 Å². The second-order valence-electron chi connectivity index (χ2n) is 4.10. The molecule has 90 valence electrons. The minimum absolute atomic E-state index is 0.208. The fourth-order valence-electron chi connectivity index (χ4n) is 1.90. The van der Waals surface area contributed by atoms with Gasteiger partial charge in [0.1, 0.15) is 0 Å². The summed E-state index contributed by atoms with van der Waals surface area (Å²) in [6, 6.07) is 0.588. The zero-order chi connectivity index (χ0) is 11.1. The lowest BCUT2D eigenvalue weighted by Gasteiger charge is -2.25. The quantitative estimate of drug-likeness (QED) is 0.671. The summed E-state index contributed by atoms with van der Waals surface area (Å²) >= 11 is 0. The molecule has 0 amide bonds. The Hall–Kier alpha value is -0.160. The fourth-order valence-corrected chi connectivity index (χ4v) is 1.90. The summed E-state index contributed by atoms with van der Waals surface area (Å²) in [6.07, 6.45) is 2.37. The van der Waals surface area contributed by atoms with Crippen LogP contribution in [0.15, 0.2) is 0 Å². The molecular formula is C11H24N2O2. The Bertz CT molecular complexity index is 161. The van der Waals surface area contributed by atoms with Crippen molar-refractivity contribution in [2.24, 2.45) is 5.73 Å². The summed E-state index contributed by atoms with van der Waals surface area (Å²) in [4.78, 5) is 2.36. The first kappa shape index (κ1) is 12.9. The van der Waals surface area contributed by atoms with Crippen LogP contribution >= 0.6 is 0 Å². The molecule has 1 rings (SSSR count). The van der Waals surface area contributed by atoms with Crippen molar-refractivity contribution in [2.45, 2.75) is 31.9 Å². The van der Waals surface area contributed by atoms with Crippen LogP contribution in [-0.4, -0.2) is 57.0 Å². The van der Waals surface area contributed by atoms with Crippen molar-refractivity contribution in [3.8, 4) is 0 Å². The van der Waals surface area contributed by atoms with Crippen LogP contribution < -0.4 is 5.73 Å². The highest BCUT2D eigenvalue weighted by Crippen LogP contribution is 2.11. The van der Waals surface area contributed by atoms with E-state index in [-0.39, 0.29) is 6.10 Å². The van der Waals surface area contributed by atoms with Crippen molar-refractivity contribution in [3.63, 3.8) is 0 Å². The van der Waals surface area contributed by atoms with Crippen molar-refractivity contribution in [1.29, 1.82) is 0 Å². The molecule has 0 radical (unpaired) electrons. The number of hydrogen-bond acceptors (Lipinski definition) is 4. The number of likely N-dealkylation sites (N-methyl/N-ethyl adjacent to an activating group) is 1. The molecule has 0 spiro atoms. The summed E-state index contributed by atoms with van der Waals surface area (Å²) in [6.45, 7) is 6.19. The van der Waals surface area contributed by atoms with E-state index in [0.29, 0.717) is 12.6 Å². The number of nitrogens with zero attached hydrogens (tertiary/aromatic N) is 1. The maximum Gasteiger partial charge on any atom is 0.0709 e. The molecule has 1 heterocycles. The van der Waals surface area contributed by atoms with Gasteiger partial charge in [0.25, 0.3) is 0 Å². The minimum atomic E-state index is 0.208. The van der Waals surface area contributed by atoms with Crippen molar-refractivity contribution in [1.82, 2.24) is 4.90 Å². The molecule has 0 saturated carbocycles. The van der Waals surface area contributed by atoms with Gasteiger partial charge in [0.15, 0.2) is 0 Å². The van der Waals surface area contributed by atoms with Crippen LogP contribution in [0, 0.1) is 0 Å². The molecule has 1 aliphatic heterocycles. The Balaban J connectivity index is 2.16. The third kappa shape index (κ3) is 4.47. The van der Waals surface area contributed by atoms with Gasteiger partial charge < -0.3 is 20.1 Å². The largest absolute Gasteiger partial charge is 0.380 e. The van der Waals surface area contributed by atoms with E-state index in [4.69, 9.17) is 15.2 Å². The van der Waals surface area contributed by atoms with Gasteiger partial charge in [-0.05, 0) is 26.8 Å². The molecular weight excluding hydrogens is 192 g/mol. The third-order valence-electron chi connectivity index (χ3n) is 3.00. The minimum Gasteiger partial charge on any atom is -0.380 e. The topological polar surface area (TPSA) is 47.7 Å². The zero-order valence-electron chi connectivity index (χ0n) is 9.95. The first-order chi connectivity index (χ1) is 7.27. The van der Waals surface area contributed by atoms with Crippen LogP contribution in [0.2, 0.25) is 0 Å². The molecule has 2 unspecified atom stereocenters. The number of ether oxygens (including phenoxy) is 2. The van der Waals surface area contributed by atoms with E-state index in [0.717, 1.165) is 39.2 Å². The molecule has 1 aliphatic rings. The predicted octanol–water partition coefficient (Wildman–Crippen LogP) is 0.461. The van der Waals surface area contributed by atoms with E-state index in [1.165, 1.54) is 0 Å². The first-order valence-corrected chi connectivity index (χ1v) is 5.87. The van der Waals surface area contributed by atoms with Crippen molar-refractivity contribution in [2.75, 3.05) is 40.0 Å². The van der Waals surface area contributed by atoms with Gasteiger partial charge in [-0.15, -0.1) is 0 Å². The second-order valence-corrected chi connectivity index (χ2v) is 4.10. The zero-order valence-corrected chi connectivity index (χ0v) is 9.95. The van der Waals surface area contributed by atoms with E-state index >= 15 is 0 Å². The molecule has 0 aromatic rings. The average molecular weight is 216 g/mol. The van der Waals surface area contributed by atoms with Crippen molar-refractivity contribution < 1.29 is 9.47 Å². The number of hydrogen-bond donors (Lipinski definition) is 1. The van der Waals surface area contributed by atoms with E-state index in [1.807, 2.05) is 6.92 Å². The Morgan fingerprint density at radius 1 is 1.60 bits per heavy atom. The van der Waals surface area contributed by atoms with Gasteiger partial charge >= 0.3 is 0 Å². The number of nitrogens with two attached hydrogens (primary N) is 1. The second kappa shape index (κ2) is 7.17. The Labute approximate surface area is 92.7 Å². The standard InChI is InChI=1S/C11H24N2O2/c1-3-15-11(8-12)4-6-13(2)10-5-7-14-9-10/h10-11H,3-9,12H2,1-2H3. The van der Waals surface area contributed by atoms with E-state index in [9.17, 15) is 0 Å². The molecule has 0 aliphatic carbocycles. The summed E-state index contributed by atoms with van der Waals surface area (Å²) in [5.74, 6) is 0. The van der Waals surface area contributed by atoms with Gasteiger partial charge in [0, 0.05) is 32.3 Å². The molecule has 0 aromatic heterocycles. The van der Waals surface area contributed by atoms with Crippen LogP contribution in [0.5, 0.6) is 0 Å². The fraction of sp³-hybridized carbons (Fsp3) is 1.00. The normalized spacial score (nSPS) is 23.6. The maximum absolute atomic E-state index is 5.63. The van der Waals surface area contributed by atoms with Crippen LogP contribution in [-0.2, 0) is 9.47 Å². The Morgan fingerprint density at radius 3 is 2.93 bits per heavy atom. The van der Waals surface area contributed by atoms with Gasteiger partial charge in [0.2, 0.25) is 0 Å². The highest BCUT2D eigenvalue weighted by atomic mass is 16.5. The van der Waals surface area contributed by atoms with E-state index in [2.05, 4.69) is 11.9 Å². The predicted molar refractivity (Wildman–Crippen MR) is 60.9 cm³/mol. The van der Waals surface area contributed by atoms with Crippen LogP contribution in [0.3, 0.4) is 0 Å². The van der Waals surface area contributed by atoms with Gasteiger partial charge in [-0.2, -0.15) is 0 Å². The first-order valence-electron chi connectivity index (χ1n) is 5.87. The Morgan fingerprint density at radius 2 is 2.40 bits per heavy atom.